The molecule has 0 bridgehead atoms. The smallest absolute Gasteiger partial charge is 0.258 e. The standard InChI is InChI=1S/C14H19N5O4S/c1-9-10(7-18(2)17-9)14(20)19-4-5-23-8-11(19)13-12(6-15-16-13)24(3,21)22/h6-7,11H,4-5,8H2,1-3H3,(H,15,16)/t11-/m1/s1. The first-order chi connectivity index (χ1) is 11.3. The summed E-state index contributed by atoms with van der Waals surface area (Å²) < 4.78 is 30.9. The molecule has 3 rings (SSSR count). The molecule has 1 aliphatic heterocycles. The van der Waals surface area contributed by atoms with E-state index in [-0.39, 0.29) is 17.4 Å². The zero-order valence-electron chi connectivity index (χ0n) is 13.7. The van der Waals surface area contributed by atoms with E-state index in [1.165, 1.54) is 6.20 Å². The lowest BCUT2D eigenvalue weighted by atomic mass is 10.1. The molecule has 9 nitrogen and oxygen atoms in total. The van der Waals surface area contributed by atoms with Crippen molar-refractivity contribution in [2.75, 3.05) is 26.0 Å². The fourth-order valence-electron chi connectivity index (χ4n) is 2.87. The molecule has 2 aromatic heterocycles. The van der Waals surface area contributed by atoms with Crippen molar-refractivity contribution in [1.29, 1.82) is 0 Å². The largest absolute Gasteiger partial charge is 0.377 e. The number of hydrogen-bond acceptors (Lipinski definition) is 6. The lowest BCUT2D eigenvalue weighted by Crippen LogP contribution is -2.44. The Hall–Kier alpha value is -2.20. The average molecular weight is 353 g/mol. The number of nitrogens with zero attached hydrogens (tertiary/aromatic N) is 4. The second-order valence-electron chi connectivity index (χ2n) is 5.81. The Kier molecular flexibility index (Phi) is 4.18. The molecule has 1 amide bonds. The van der Waals surface area contributed by atoms with Crippen molar-refractivity contribution in [3.05, 3.63) is 29.3 Å². The van der Waals surface area contributed by atoms with Gasteiger partial charge in [-0.05, 0) is 6.92 Å². The lowest BCUT2D eigenvalue weighted by molar-refractivity contribution is -0.00472. The molecule has 1 fully saturated rings. The summed E-state index contributed by atoms with van der Waals surface area (Å²) in [5.41, 5.74) is 1.48. The summed E-state index contributed by atoms with van der Waals surface area (Å²) in [6.45, 7) is 2.72. The van der Waals surface area contributed by atoms with Gasteiger partial charge in [0, 0.05) is 26.0 Å². The van der Waals surface area contributed by atoms with E-state index in [0.717, 1.165) is 6.26 Å². The van der Waals surface area contributed by atoms with Gasteiger partial charge in [-0.25, -0.2) is 8.42 Å². The number of ether oxygens (including phenoxy) is 1. The number of rotatable bonds is 3. The average Bonchev–Trinajstić information content (AvgIpc) is 3.12. The molecule has 2 aromatic rings. The van der Waals surface area contributed by atoms with E-state index < -0.39 is 15.9 Å². The van der Waals surface area contributed by atoms with Crippen molar-refractivity contribution in [3.8, 4) is 0 Å². The number of aromatic nitrogens is 4. The zero-order valence-corrected chi connectivity index (χ0v) is 14.5. The Morgan fingerprint density at radius 3 is 2.83 bits per heavy atom. The van der Waals surface area contributed by atoms with Crippen LogP contribution in [-0.4, -0.2) is 65.2 Å². The summed E-state index contributed by atoms with van der Waals surface area (Å²) in [6.07, 6.45) is 4.04. The Bertz CT molecular complexity index is 870. The quantitative estimate of drug-likeness (QED) is 0.836. The maximum absolute atomic E-state index is 12.9. The van der Waals surface area contributed by atoms with Crippen molar-refractivity contribution in [2.45, 2.75) is 17.9 Å². The highest BCUT2D eigenvalue weighted by Crippen LogP contribution is 2.29. The molecule has 1 aliphatic rings. The minimum Gasteiger partial charge on any atom is -0.377 e. The molecular formula is C14H19N5O4S. The number of sulfone groups is 1. The van der Waals surface area contributed by atoms with Crippen LogP contribution in [0.25, 0.3) is 0 Å². The Labute approximate surface area is 139 Å². The topological polar surface area (TPSA) is 110 Å². The number of aryl methyl sites for hydroxylation is 2. The van der Waals surface area contributed by atoms with E-state index in [1.54, 1.807) is 29.7 Å². The third kappa shape index (κ3) is 2.94. The molecular weight excluding hydrogens is 334 g/mol. The van der Waals surface area contributed by atoms with Crippen LogP contribution in [0.1, 0.15) is 27.8 Å². The van der Waals surface area contributed by atoms with Gasteiger partial charge in [-0.3, -0.25) is 14.6 Å². The maximum atomic E-state index is 12.9. The Balaban J connectivity index is 1.99. The van der Waals surface area contributed by atoms with Crippen LogP contribution in [0.5, 0.6) is 0 Å². The van der Waals surface area contributed by atoms with Gasteiger partial charge < -0.3 is 9.64 Å². The van der Waals surface area contributed by atoms with E-state index in [9.17, 15) is 13.2 Å². The van der Waals surface area contributed by atoms with E-state index in [4.69, 9.17) is 4.74 Å². The van der Waals surface area contributed by atoms with Gasteiger partial charge in [0.15, 0.2) is 9.84 Å². The monoisotopic (exact) mass is 353 g/mol. The summed E-state index contributed by atoms with van der Waals surface area (Å²) in [4.78, 5) is 14.6. The van der Waals surface area contributed by atoms with E-state index in [2.05, 4.69) is 15.3 Å². The maximum Gasteiger partial charge on any atom is 0.258 e. The number of amides is 1. The fourth-order valence-corrected chi connectivity index (χ4v) is 3.69. The number of nitrogens with one attached hydrogen (secondary N) is 1. The van der Waals surface area contributed by atoms with Crippen LogP contribution in [-0.2, 0) is 21.6 Å². The number of hydrogen-bond donors (Lipinski definition) is 1. The van der Waals surface area contributed by atoms with E-state index >= 15 is 0 Å². The summed E-state index contributed by atoms with van der Waals surface area (Å²) in [5, 5.41) is 10.7. The van der Waals surface area contributed by atoms with Crippen molar-refractivity contribution >= 4 is 15.7 Å². The third-order valence-electron chi connectivity index (χ3n) is 4.00. The number of carbonyl (C=O) groups is 1. The minimum absolute atomic E-state index is 0.0821. The highest BCUT2D eigenvalue weighted by molar-refractivity contribution is 7.90. The molecule has 3 heterocycles. The van der Waals surface area contributed by atoms with Crippen LogP contribution in [0, 0.1) is 6.92 Å². The Morgan fingerprint density at radius 2 is 2.21 bits per heavy atom. The van der Waals surface area contributed by atoms with Gasteiger partial charge in [-0.1, -0.05) is 0 Å². The normalized spacial score (nSPS) is 18.8. The van der Waals surface area contributed by atoms with Crippen LogP contribution < -0.4 is 0 Å². The molecule has 0 radical (unpaired) electrons. The molecule has 0 spiro atoms. The summed E-state index contributed by atoms with van der Waals surface area (Å²) in [5.74, 6) is -0.206. The van der Waals surface area contributed by atoms with Crippen LogP contribution >= 0.6 is 0 Å². The molecule has 0 aromatic carbocycles. The number of aromatic amines is 1. The van der Waals surface area contributed by atoms with Crippen molar-refractivity contribution in [1.82, 2.24) is 24.9 Å². The van der Waals surface area contributed by atoms with Gasteiger partial charge in [-0.2, -0.15) is 10.2 Å². The molecule has 0 saturated carbocycles. The number of carbonyl (C=O) groups excluding carboxylic acids is 1. The van der Waals surface area contributed by atoms with Crippen molar-refractivity contribution in [3.63, 3.8) is 0 Å². The summed E-state index contributed by atoms with van der Waals surface area (Å²) >= 11 is 0. The first-order valence-corrected chi connectivity index (χ1v) is 9.30. The van der Waals surface area contributed by atoms with Crippen LogP contribution in [0.3, 0.4) is 0 Å². The van der Waals surface area contributed by atoms with Crippen molar-refractivity contribution in [2.24, 2.45) is 7.05 Å². The lowest BCUT2D eigenvalue weighted by Gasteiger charge is -2.35. The summed E-state index contributed by atoms with van der Waals surface area (Å²) in [7, 11) is -1.71. The van der Waals surface area contributed by atoms with Gasteiger partial charge >= 0.3 is 0 Å². The minimum atomic E-state index is -3.46. The summed E-state index contributed by atoms with van der Waals surface area (Å²) in [6, 6.07) is -0.543. The second-order valence-corrected chi connectivity index (χ2v) is 7.80. The molecule has 24 heavy (non-hydrogen) atoms. The zero-order chi connectivity index (χ0) is 17.5. The molecule has 0 aliphatic carbocycles. The molecule has 130 valence electrons. The van der Waals surface area contributed by atoms with Gasteiger partial charge in [0.1, 0.15) is 4.90 Å². The fraction of sp³-hybridized carbons (Fsp3) is 0.500. The van der Waals surface area contributed by atoms with E-state index in [0.29, 0.717) is 30.1 Å². The van der Waals surface area contributed by atoms with Gasteiger partial charge in [0.2, 0.25) is 0 Å². The van der Waals surface area contributed by atoms with Crippen LogP contribution in [0.2, 0.25) is 0 Å². The molecule has 1 N–H and O–H groups in total. The van der Waals surface area contributed by atoms with Gasteiger partial charge in [0.25, 0.3) is 5.91 Å². The van der Waals surface area contributed by atoms with Gasteiger partial charge in [-0.15, -0.1) is 0 Å². The second kappa shape index (κ2) is 6.02. The van der Waals surface area contributed by atoms with Crippen LogP contribution in [0.15, 0.2) is 17.3 Å². The molecule has 10 heteroatoms. The number of morpholine rings is 1. The first kappa shape index (κ1) is 16.7. The van der Waals surface area contributed by atoms with Crippen LogP contribution in [0.4, 0.5) is 0 Å². The molecule has 1 atom stereocenters. The third-order valence-corrected chi connectivity index (χ3v) is 5.12. The molecule has 1 saturated heterocycles. The Morgan fingerprint density at radius 1 is 1.46 bits per heavy atom. The first-order valence-electron chi connectivity index (χ1n) is 7.41. The van der Waals surface area contributed by atoms with E-state index in [1.807, 2.05) is 0 Å². The predicted molar refractivity (Wildman–Crippen MR) is 84.2 cm³/mol. The highest BCUT2D eigenvalue weighted by Gasteiger charge is 2.34. The van der Waals surface area contributed by atoms with Crippen molar-refractivity contribution < 1.29 is 17.9 Å². The highest BCUT2D eigenvalue weighted by atomic mass is 32.2. The van der Waals surface area contributed by atoms with Gasteiger partial charge in [0.05, 0.1) is 42.4 Å². The number of H-pyrrole nitrogens is 1. The SMILES string of the molecule is Cc1nn(C)cc1C(=O)N1CCOC[C@@H]1c1[nH]ncc1S(C)(=O)=O. The predicted octanol–water partition coefficient (Wildman–Crippen LogP) is 0.0688. The molecule has 0 unspecified atom stereocenters.